The highest BCUT2D eigenvalue weighted by molar-refractivity contribution is 5.48. The van der Waals surface area contributed by atoms with Crippen LogP contribution in [0.4, 0.5) is 0 Å². The van der Waals surface area contributed by atoms with Gasteiger partial charge in [0.1, 0.15) is 0 Å². The maximum absolute atomic E-state index is 9.07. The Morgan fingerprint density at radius 3 is 2.56 bits per heavy atom. The fraction of sp³-hybridized carbons (Fsp3) is 0.429. The zero-order valence-electron chi connectivity index (χ0n) is 10.1. The molecule has 1 aromatic rings. The average molecular weight is 219 g/mol. The molecule has 0 saturated heterocycles. The Morgan fingerprint density at radius 2 is 1.94 bits per heavy atom. The van der Waals surface area contributed by atoms with Gasteiger partial charge < -0.3 is 10.4 Å². The van der Waals surface area contributed by atoms with Crippen LogP contribution in [0.2, 0.25) is 0 Å². The fourth-order valence-electron chi connectivity index (χ4n) is 1.31. The Balaban J connectivity index is 2.24. The standard InChI is InChI=1S/C14H21NO/c1-14(2,12-16)11-15-10-6-9-13-7-4-3-5-8-13/h3-9,15-16H,10-12H2,1-2H3/b9-6+. The maximum Gasteiger partial charge on any atom is 0.0494 e. The summed E-state index contributed by atoms with van der Waals surface area (Å²) in [5.74, 6) is 0. The number of benzene rings is 1. The van der Waals surface area contributed by atoms with Crippen molar-refractivity contribution in [3.05, 3.63) is 42.0 Å². The van der Waals surface area contributed by atoms with Gasteiger partial charge in [-0.15, -0.1) is 0 Å². The summed E-state index contributed by atoms with van der Waals surface area (Å²) >= 11 is 0. The summed E-state index contributed by atoms with van der Waals surface area (Å²) in [7, 11) is 0. The minimum atomic E-state index is -0.0411. The first-order valence-corrected chi connectivity index (χ1v) is 5.67. The SMILES string of the molecule is CC(C)(CO)CNC/C=C/c1ccccc1. The minimum absolute atomic E-state index is 0.0411. The molecule has 0 spiro atoms. The molecule has 0 fully saturated rings. The van der Waals surface area contributed by atoms with E-state index in [2.05, 4.69) is 29.6 Å². The summed E-state index contributed by atoms with van der Waals surface area (Å²) in [4.78, 5) is 0. The molecule has 1 rings (SSSR count). The van der Waals surface area contributed by atoms with Crippen molar-refractivity contribution in [2.75, 3.05) is 19.7 Å². The molecule has 0 aliphatic carbocycles. The lowest BCUT2D eigenvalue weighted by atomic mass is 9.95. The molecule has 0 saturated carbocycles. The first-order chi connectivity index (χ1) is 7.64. The van der Waals surface area contributed by atoms with E-state index in [-0.39, 0.29) is 12.0 Å². The molecule has 0 aromatic heterocycles. The van der Waals surface area contributed by atoms with Gasteiger partial charge in [0.25, 0.3) is 0 Å². The van der Waals surface area contributed by atoms with Crippen LogP contribution in [0.1, 0.15) is 19.4 Å². The topological polar surface area (TPSA) is 32.3 Å². The second-order valence-electron chi connectivity index (χ2n) is 4.77. The first-order valence-electron chi connectivity index (χ1n) is 5.67. The van der Waals surface area contributed by atoms with Crippen LogP contribution in [0.5, 0.6) is 0 Å². The summed E-state index contributed by atoms with van der Waals surface area (Å²) in [6.07, 6.45) is 4.20. The summed E-state index contributed by atoms with van der Waals surface area (Å²) in [6, 6.07) is 10.2. The molecule has 2 nitrogen and oxygen atoms in total. The van der Waals surface area contributed by atoms with Gasteiger partial charge in [0.2, 0.25) is 0 Å². The lowest BCUT2D eigenvalue weighted by Crippen LogP contribution is -2.32. The summed E-state index contributed by atoms with van der Waals surface area (Å²) < 4.78 is 0. The number of aliphatic hydroxyl groups excluding tert-OH is 1. The molecule has 0 bridgehead atoms. The molecule has 2 N–H and O–H groups in total. The van der Waals surface area contributed by atoms with Crippen molar-refractivity contribution in [1.29, 1.82) is 0 Å². The quantitative estimate of drug-likeness (QED) is 0.720. The fourth-order valence-corrected chi connectivity index (χ4v) is 1.31. The molecule has 0 heterocycles. The van der Waals surface area contributed by atoms with E-state index in [0.717, 1.165) is 13.1 Å². The summed E-state index contributed by atoms with van der Waals surface area (Å²) in [6.45, 7) is 5.95. The highest BCUT2D eigenvalue weighted by atomic mass is 16.3. The molecule has 0 aliphatic heterocycles. The normalized spacial score (nSPS) is 12.2. The number of aliphatic hydroxyl groups is 1. The van der Waals surface area contributed by atoms with Crippen LogP contribution < -0.4 is 5.32 Å². The largest absolute Gasteiger partial charge is 0.396 e. The van der Waals surface area contributed by atoms with Gasteiger partial charge in [-0.3, -0.25) is 0 Å². The van der Waals surface area contributed by atoms with Gasteiger partial charge in [-0.05, 0) is 5.56 Å². The third-order valence-corrected chi connectivity index (χ3v) is 2.40. The van der Waals surface area contributed by atoms with Gasteiger partial charge in [-0.25, -0.2) is 0 Å². The van der Waals surface area contributed by atoms with Crippen LogP contribution in [0.15, 0.2) is 36.4 Å². The van der Waals surface area contributed by atoms with Crippen LogP contribution in [0.3, 0.4) is 0 Å². The number of hydrogen-bond acceptors (Lipinski definition) is 2. The van der Waals surface area contributed by atoms with Gasteiger partial charge in [0.15, 0.2) is 0 Å². The predicted molar refractivity (Wildman–Crippen MR) is 69.2 cm³/mol. The zero-order valence-corrected chi connectivity index (χ0v) is 10.1. The Bertz CT molecular complexity index is 317. The van der Waals surface area contributed by atoms with E-state index in [1.807, 2.05) is 32.0 Å². The molecular formula is C14H21NO. The monoisotopic (exact) mass is 219 g/mol. The van der Waals surface area contributed by atoms with Crippen LogP contribution in [-0.2, 0) is 0 Å². The van der Waals surface area contributed by atoms with Gasteiger partial charge in [-0.2, -0.15) is 0 Å². The third-order valence-electron chi connectivity index (χ3n) is 2.40. The highest BCUT2D eigenvalue weighted by Gasteiger charge is 2.14. The molecule has 0 atom stereocenters. The highest BCUT2D eigenvalue weighted by Crippen LogP contribution is 2.10. The number of hydrogen-bond donors (Lipinski definition) is 2. The number of nitrogens with one attached hydrogen (secondary N) is 1. The van der Waals surface area contributed by atoms with E-state index < -0.39 is 0 Å². The van der Waals surface area contributed by atoms with Gasteiger partial charge in [0, 0.05) is 25.1 Å². The molecule has 0 radical (unpaired) electrons. The lowest BCUT2D eigenvalue weighted by molar-refractivity contribution is 0.158. The van der Waals surface area contributed by atoms with Crippen molar-refractivity contribution < 1.29 is 5.11 Å². The van der Waals surface area contributed by atoms with E-state index in [9.17, 15) is 0 Å². The minimum Gasteiger partial charge on any atom is -0.396 e. The molecule has 0 unspecified atom stereocenters. The van der Waals surface area contributed by atoms with Crippen molar-refractivity contribution in [3.63, 3.8) is 0 Å². The summed E-state index contributed by atoms with van der Waals surface area (Å²) in [5, 5.41) is 12.4. The van der Waals surface area contributed by atoms with Crippen molar-refractivity contribution in [3.8, 4) is 0 Å². The second-order valence-corrected chi connectivity index (χ2v) is 4.77. The first kappa shape index (κ1) is 12.9. The van der Waals surface area contributed by atoms with Gasteiger partial charge >= 0.3 is 0 Å². The zero-order chi connectivity index (χ0) is 11.9. The number of rotatable bonds is 6. The predicted octanol–water partition coefficient (Wildman–Crippen LogP) is 2.31. The Kier molecular flexibility index (Phi) is 5.23. The lowest BCUT2D eigenvalue weighted by Gasteiger charge is -2.21. The van der Waals surface area contributed by atoms with E-state index in [1.54, 1.807) is 0 Å². The van der Waals surface area contributed by atoms with E-state index in [4.69, 9.17) is 5.11 Å². The van der Waals surface area contributed by atoms with Crippen molar-refractivity contribution in [2.24, 2.45) is 5.41 Å². The van der Waals surface area contributed by atoms with Crippen molar-refractivity contribution in [2.45, 2.75) is 13.8 Å². The molecule has 0 amide bonds. The van der Waals surface area contributed by atoms with E-state index in [0.29, 0.717) is 0 Å². The van der Waals surface area contributed by atoms with Crippen LogP contribution in [0, 0.1) is 5.41 Å². The molecular weight excluding hydrogens is 198 g/mol. The van der Waals surface area contributed by atoms with Crippen LogP contribution >= 0.6 is 0 Å². The van der Waals surface area contributed by atoms with Crippen molar-refractivity contribution in [1.82, 2.24) is 5.32 Å². The smallest absolute Gasteiger partial charge is 0.0494 e. The average Bonchev–Trinajstić information content (AvgIpc) is 2.30. The van der Waals surface area contributed by atoms with Crippen molar-refractivity contribution >= 4 is 6.08 Å². The van der Waals surface area contributed by atoms with Crippen LogP contribution in [-0.4, -0.2) is 24.8 Å². The molecule has 2 heteroatoms. The summed E-state index contributed by atoms with van der Waals surface area (Å²) in [5.41, 5.74) is 1.17. The molecule has 1 aromatic carbocycles. The maximum atomic E-state index is 9.07. The third kappa shape index (κ3) is 5.10. The molecule has 88 valence electrons. The Morgan fingerprint density at radius 1 is 1.25 bits per heavy atom. The van der Waals surface area contributed by atoms with E-state index >= 15 is 0 Å². The van der Waals surface area contributed by atoms with Gasteiger partial charge in [0.05, 0.1) is 0 Å². The van der Waals surface area contributed by atoms with Gasteiger partial charge in [-0.1, -0.05) is 56.3 Å². The molecule has 16 heavy (non-hydrogen) atoms. The Hall–Kier alpha value is -1.12. The van der Waals surface area contributed by atoms with E-state index in [1.165, 1.54) is 5.56 Å². The van der Waals surface area contributed by atoms with Crippen LogP contribution in [0.25, 0.3) is 6.08 Å². The second kappa shape index (κ2) is 6.46. The molecule has 0 aliphatic rings. The Labute approximate surface area is 98.0 Å².